The highest BCUT2D eigenvalue weighted by Gasteiger charge is 2.22. The molecule has 0 spiro atoms. The zero-order chi connectivity index (χ0) is 12.3. The maximum Gasteiger partial charge on any atom is 0.256 e. The highest BCUT2D eigenvalue weighted by molar-refractivity contribution is 5.98. The Morgan fingerprint density at radius 1 is 1.35 bits per heavy atom. The van der Waals surface area contributed by atoms with Gasteiger partial charge in [-0.3, -0.25) is 14.6 Å². The number of carbonyl (C=O) groups excluding carboxylic acids is 2. The largest absolute Gasteiger partial charge is 0.397 e. The number of nitrogens with two attached hydrogens (primary N) is 1. The first-order valence-corrected chi connectivity index (χ1v) is 5.40. The van der Waals surface area contributed by atoms with E-state index in [1.54, 1.807) is 22.1 Å². The minimum Gasteiger partial charge on any atom is -0.397 e. The standard InChI is InChI=1S/C11H14N4O2/c12-10-7-13-2-1-9(10)11(17)15-5-3-14(8-16)4-6-15/h1-2,7-8H,3-6,12H2. The number of pyridine rings is 1. The predicted molar refractivity (Wildman–Crippen MR) is 62.2 cm³/mol. The lowest BCUT2D eigenvalue weighted by atomic mass is 10.2. The molecule has 2 heterocycles. The van der Waals surface area contributed by atoms with Crippen molar-refractivity contribution in [1.82, 2.24) is 14.8 Å². The summed E-state index contributed by atoms with van der Waals surface area (Å²) in [6.45, 7) is 2.22. The molecule has 2 amide bonds. The highest BCUT2D eigenvalue weighted by Crippen LogP contribution is 2.13. The fraction of sp³-hybridized carbons (Fsp3) is 0.364. The summed E-state index contributed by atoms with van der Waals surface area (Å²) in [5.41, 5.74) is 6.56. The van der Waals surface area contributed by atoms with Crippen LogP contribution in [0.4, 0.5) is 5.69 Å². The molecule has 0 aliphatic carbocycles. The molecule has 1 fully saturated rings. The number of piperazine rings is 1. The van der Waals surface area contributed by atoms with Crippen molar-refractivity contribution in [3.05, 3.63) is 24.0 Å². The summed E-state index contributed by atoms with van der Waals surface area (Å²) in [7, 11) is 0. The second kappa shape index (κ2) is 4.82. The van der Waals surface area contributed by atoms with Gasteiger partial charge < -0.3 is 15.5 Å². The Morgan fingerprint density at radius 2 is 2.06 bits per heavy atom. The highest BCUT2D eigenvalue weighted by atomic mass is 16.2. The van der Waals surface area contributed by atoms with Gasteiger partial charge in [-0.05, 0) is 6.07 Å². The van der Waals surface area contributed by atoms with Crippen molar-refractivity contribution in [2.75, 3.05) is 31.9 Å². The molecule has 0 aromatic carbocycles. The van der Waals surface area contributed by atoms with Gasteiger partial charge in [0.05, 0.1) is 17.4 Å². The molecule has 1 aliphatic heterocycles. The van der Waals surface area contributed by atoms with Crippen LogP contribution in [0.25, 0.3) is 0 Å². The van der Waals surface area contributed by atoms with Gasteiger partial charge in [-0.25, -0.2) is 0 Å². The molecule has 0 unspecified atom stereocenters. The van der Waals surface area contributed by atoms with Gasteiger partial charge in [-0.1, -0.05) is 0 Å². The van der Waals surface area contributed by atoms with Crippen molar-refractivity contribution in [1.29, 1.82) is 0 Å². The van der Waals surface area contributed by atoms with Crippen molar-refractivity contribution in [2.24, 2.45) is 0 Å². The summed E-state index contributed by atoms with van der Waals surface area (Å²) in [6, 6.07) is 1.61. The minimum atomic E-state index is -0.101. The van der Waals surface area contributed by atoms with Gasteiger partial charge in [0.15, 0.2) is 0 Å². The Labute approximate surface area is 99.0 Å². The van der Waals surface area contributed by atoms with E-state index in [1.807, 2.05) is 0 Å². The molecule has 1 aliphatic rings. The maximum absolute atomic E-state index is 12.1. The molecular weight excluding hydrogens is 220 g/mol. The molecule has 0 atom stereocenters. The predicted octanol–water partition coefficient (Wildman–Crippen LogP) is -0.422. The Morgan fingerprint density at radius 3 is 2.65 bits per heavy atom. The van der Waals surface area contributed by atoms with Crippen LogP contribution in [0, 0.1) is 0 Å². The SMILES string of the molecule is Nc1cnccc1C(=O)N1CCN(C=O)CC1. The molecule has 1 aromatic heterocycles. The quantitative estimate of drug-likeness (QED) is 0.705. The summed E-state index contributed by atoms with van der Waals surface area (Å²) < 4.78 is 0. The Bertz CT molecular complexity index is 427. The number of hydrogen-bond acceptors (Lipinski definition) is 4. The van der Waals surface area contributed by atoms with Crippen LogP contribution in [-0.2, 0) is 4.79 Å². The third kappa shape index (κ3) is 2.35. The minimum absolute atomic E-state index is 0.101. The van der Waals surface area contributed by atoms with Gasteiger partial charge in [0.25, 0.3) is 5.91 Å². The second-order valence-corrected chi connectivity index (χ2v) is 3.90. The number of aromatic nitrogens is 1. The number of rotatable bonds is 2. The van der Waals surface area contributed by atoms with Gasteiger partial charge in [-0.15, -0.1) is 0 Å². The number of anilines is 1. The van der Waals surface area contributed by atoms with Crippen LogP contribution in [0.5, 0.6) is 0 Å². The van der Waals surface area contributed by atoms with Gasteiger partial charge in [0.1, 0.15) is 0 Å². The van der Waals surface area contributed by atoms with Crippen molar-refractivity contribution >= 4 is 18.0 Å². The van der Waals surface area contributed by atoms with Gasteiger partial charge in [-0.2, -0.15) is 0 Å². The van der Waals surface area contributed by atoms with Gasteiger partial charge in [0, 0.05) is 32.4 Å². The van der Waals surface area contributed by atoms with Crippen LogP contribution in [0.3, 0.4) is 0 Å². The van der Waals surface area contributed by atoms with Crippen LogP contribution in [0.1, 0.15) is 10.4 Å². The summed E-state index contributed by atoms with van der Waals surface area (Å²) in [6.07, 6.45) is 3.82. The Balaban J connectivity index is 2.07. The molecule has 1 saturated heterocycles. The first-order valence-electron chi connectivity index (χ1n) is 5.40. The van der Waals surface area contributed by atoms with Crippen LogP contribution in [-0.4, -0.2) is 53.3 Å². The molecular formula is C11H14N4O2. The van der Waals surface area contributed by atoms with E-state index < -0.39 is 0 Å². The molecule has 1 aromatic rings. The number of amides is 2. The third-order valence-corrected chi connectivity index (χ3v) is 2.83. The fourth-order valence-electron chi connectivity index (χ4n) is 1.80. The molecule has 6 heteroatoms. The van der Waals surface area contributed by atoms with Crippen LogP contribution < -0.4 is 5.73 Å². The van der Waals surface area contributed by atoms with Crippen LogP contribution in [0.2, 0.25) is 0 Å². The monoisotopic (exact) mass is 234 g/mol. The fourth-order valence-corrected chi connectivity index (χ4v) is 1.80. The lowest BCUT2D eigenvalue weighted by Crippen LogP contribution is -2.48. The first kappa shape index (κ1) is 11.4. The lowest BCUT2D eigenvalue weighted by Gasteiger charge is -2.32. The van der Waals surface area contributed by atoms with Crippen LogP contribution >= 0.6 is 0 Å². The average molecular weight is 234 g/mol. The Hall–Kier alpha value is -2.11. The maximum atomic E-state index is 12.1. The smallest absolute Gasteiger partial charge is 0.256 e. The molecule has 6 nitrogen and oxygen atoms in total. The van der Waals surface area contributed by atoms with E-state index in [0.29, 0.717) is 37.4 Å². The summed E-state index contributed by atoms with van der Waals surface area (Å²) in [5.74, 6) is -0.101. The summed E-state index contributed by atoms with van der Waals surface area (Å²) >= 11 is 0. The van der Waals surface area contributed by atoms with Crippen molar-refractivity contribution < 1.29 is 9.59 Å². The van der Waals surface area contributed by atoms with E-state index in [2.05, 4.69) is 4.98 Å². The zero-order valence-corrected chi connectivity index (χ0v) is 9.37. The first-order chi connectivity index (χ1) is 8.22. The summed E-state index contributed by atoms with van der Waals surface area (Å²) in [5, 5.41) is 0. The van der Waals surface area contributed by atoms with E-state index in [0.717, 1.165) is 6.41 Å². The summed E-state index contributed by atoms with van der Waals surface area (Å²) in [4.78, 5) is 29.9. The normalized spacial score (nSPS) is 15.8. The number of nitrogens with zero attached hydrogens (tertiary/aromatic N) is 3. The van der Waals surface area contributed by atoms with E-state index in [9.17, 15) is 9.59 Å². The molecule has 2 rings (SSSR count). The van der Waals surface area contributed by atoms with Crippen molar-refractivity contribution in [3.8, 4) is 0 Å². The van der Waals surface area contributed by atoms with Crippen molar-refractivity contribution in [3.63, 3.8) is 0 Å². The molecule has 0 saturated carbocycles. The number of nitrogen functional groups attached to an aromatic ring is 1. The molecule has 17 heavy (non-hydrogen) atoms. The van der Waals surface area contributed by atoms with Crippen molar-refractivity contribution in [2.45, 2.75) is 0 Å². The Kier molecular flexibility index (Phi) is 3.22. The lowest BCUT2D eigenvalue weighted by molar-refractivity contribution is -0.119. The van der Waals surface area contributed by atoms with Gasteiger partial charge >= 0.3 is 0 Å². The molecule has 0 bridgehead atoms. The van der Waals surface area contributed by atoms with Crippen LogP contribution in [0.15, 0.2) is 18.5 Å². The molecule has 90 valence electrons. The topological polar surface area (TPSA) is 79.5 Å². The van der Waals surface area contributed by atoms with E-state index in [4.69, 9.17) is 5.73 Å². The van der Waals surface area contributed by atoms with E-state index >= 15 is 0 Å². The molecule has 0 radical (unpaired) electrons. The van der Waals surface area contributed by atoms with E-state index in [1.165, 1.54) is 6.20 Å². The molecule has 2 N–H and O–H groups in total. The number of carbonyl (C=O) groups is 2. The van der Waals surface area contributed by atoms with E-state index in [-0.39, 0.29) is 5.91 Å². The van der Waals surface area contributed by atoms with Gasteiger partial charge in [0.2, 0.25) is 6.41 Å². The zero-order valence-electron chi connectivity index (χ0n) is 9.37. The second-order valence-electron chi connectivity index (χ2n) is 3.90. The average Bonchev–Trinajstić information content (AvgIpc) is 2.39. The third-order valence-electron chi connectivity index (χ3n) is 2.83. The number of hydrogen-bond donors (Lipinski definition) is 1.